The van der Waals surface area contributed by atoms with Crippen LogP contribution in [0.25, 0.3) is 0 Å². The number of carbonyl (C=O) groups excluding carboxylic acids is 1. The highest BCUT2D eigenvalue weighted by atomic mass is 16.5. The molecule has 5 nitrogen and oxygen atoms in total. The number of amides is 1. The Morgan fingerprint density at radius 3 is 2.69 bits per heavy atom. The summed E-state index contributed by atoms with van der Waals surface area (Å²) in [6.45, 7) is 6.34. The van der Waals surface area contributed by atoms with Crippen molar-refractivity contribution in [2.45, 2.75) is 26.7 Å². The molecule has 3 rings (SSSR count). The van der Waals surface area contributed by atoms with Crippen molar-refractivity contribution in [2.24, 2.45) is 0 Å². The highest BCUT2D eigenvalue weighted by molar-refractivity contribution is 5.94. The molecule has 138 valence electrons. The van der Waals surface area contributed by atoms with Crippen molar-refractivity contribution >= 4 is 5.91 Å². The SMILES string of the molecule is CCOc1ccc(CCNC(=O)c2ccc3c(c2)CCO3)cc1OCC. The molecule has 0 unspecified atom stereocenters. The van der Waals surface area contributed by atoms with Crippen LogP contribution in [0.2, 0.25) is 0 Å². The second-order valence-electron chi connectivity index (χ2n) is 6.07. The molecule has 0 atom stereocenters. The molecule has 0 saturated heterocycles. The van der Waals surface area contributed by atoms with Crippen molar-refractivity contribution in [3.8, 4) is 17.2 Å². The van der Waals surface area contributed by atoms with Crippen LogP contribution in [0.15, 0.2) is 36.4 Å². The highest BCUT2D eigenvalue weighted by Gasteiger charge is 2.15. The van der Waals surface area contributed by atoms with E-state index in [1.165, 1.54) is 0 Å². The van der Waals surface area contributed by atoms with Gasteiger partial charge in [-0.3, -0.25) is 4.79 Å². The third-order valence-corrected chi connectivity index (χ3v) is 4.26. The summed E-state index contributed by atoms with van der Waals surface area (Å²) in [5, 5.41) is 2.98. The molecule has 0 fully saturated rings. The first-order chi connectivity index (χ1) is 12.7. The van der Waals surface area contributed by atoms with E-state index in [1.54, 1.807) is 0 Å². The molecular formula is C21H25NO4. The number of fused-ring (bicyclic) bond motifs is 1. The largest absolute Gasteiger partial charge is 0.493 e. The van der Waals surface area contributed by atoms with Crippen LogP contribution in [0.1, 0.15) is 35.3 Å². The molecule has 2 aromatic carbocycles. The summed E-state index contributed by atoms with van der Waals surface area (Å²) in [6, 6.07) is 11.5. The lowest BCUT2D eigenvalue weighted by Gasteiger charge is -2.12. The summed E-state index contributed by atoms with van der Waals surface area (Å²) in [5.74, 6) is 2.33. The van der Waals surface area contributed by atoms with E-state index in [0.29, 0.717) is 31.9 Å². The van der Waals surface area contributed by atoms with E-state index in [9.17, 15) is 4.79 Å². The van der Waals surface area contributed by atoms with Gasteiger partial charge in [0.25, 0.3) is 5.91 Å². The first-order valence-electron chi connectivity index (χ1n) is 9.13. The van der Waals surface area contributed by atoms with Crippen molar-refractivity contribution in [1.82, 2.24) is 5.32 Å². The predicted octanol–water partition coefficient (Wildman–Crippen LogP) is 3.39. The van der Waals surface area contributed by atoms with Crippen LogP contribution in [0.4, 0.5) is 0 Å². The molecule has 1 amide bonds. The molecule has 26 heavy (non-hydrogen) atoms. The minimum atomic E-state index is -0.0596. The summed E-state index contributed by atoms with van der Waals surface area (Å²) in [4.78, 5) is 12.3. The van der Waals surface area contributed by atoms with E-state index in [0.717, 1.165) is 41.2 Å². The number of carbonyl (C=O) groups is 1. The van der Waals surface area contributed by atoms with Gasteiger partial charge in [-0.25, -0.2) is 0 Å². The monoisotopic (exact) mass is 355 g/mol. The van der Waals surface area contributed by atoms with Crippen molar-refractivity contribution < 1.29 is 19.0 Å². The molecule has 1 aliphatic rings. The average molecular weight is 355 g/mol. The van der Waals surface area contributed by atoms with Crippen LogP contribution < -0.4 is 19.5 Å². The number of benzene rings is 2. The molecule has 0 aromatic heterocycles. The summed E-state index contributed by atoms with van der Waals surface area (Å²) >= 11 is 0. The van der Waals surface area contributed by atoms with Crippen LogP contribution in [0.5, 0.6) is 17.2 Å². The van der Waals surface area contributed by atoms with Gasteiger partial charge in [-0.2, -0.15) is 0 Å². The lowest BCUT2D eigenvalue weighted by atomic mass is 10.1. The van der Waals surface area contributed by atoms with Gasteiger partial charge in [0.15, 0.2) is 11.5 Å². The van der Waals surface area contributed by atoms with E-state index < -0.39 is 0 Å². The Balaban J connectivity index is 1.57. The molecule has 0 saturated carbocycles. The maximum atomic E-state index is 12.3. The molecule has 2 aromatic rings. The van der Waals surface area contributed by atoms with Crippen LogP contribution in [-0.2, 0) is 12.8 Å². The number of rotatable bonds is 8. The Morgan fingerprint density at radius 1 is 1.08 bits per heavy atom. The lowest BCUT2D eigenvalue weighted by Crippen LogP contribution is -2.25. The Hall–Kier alpha value is -2.69. The maximum absolute atomic E-state index is 12.3. The zero-order valence-electron chi connectivity index (χ0n) is 15.3. The van der Waals surface area contributed by atoms with Crippen LogP contribution >= 0.6 is 0 Å². The summed E-state index contributed by atoms with van der Waals surface area (Å²) in [5.41, 5.74) is 2.88. The Morgan fingerprint density at radius 2 is 1.88 bits per heavy atom. The van der Waals surface area contributed by atoms with E-state index in [2.05, 4.69) is 5.32 Å². The molecule has 1 heterocycles. The first kappa shape index (κ1) is 18.1. The fourth-order valence-electron chi connectivity index (χ4n) is 3.00. The van der Waals surface area contributed by atoms with Crippen molar-refractivity contribution in [1.29, 1.82) is 0 Å². The van der Waals surface area contributed by atoms with Gasteiger partial charge in [0, 0.05) is 18.5 Å². The smallest absolute Gasteiger partial charge is 0.251 e. The van der Waals surface area contributed by atoms with Gasteiger partial charge in [-0.05, 0) is 61.7 Å². The molecule has 1 N–H and O–H groups in total. The van der Waals surface area contributed by atoms with Gasteiger partial charge < -0.3 is 19.5 Å². The summed E-state index contributed by atoms with van der Waals surface area (Å²) in [6.07, 6.45) is 1.59. The van der Waals surface area contributed by atoms with Crippen molar-refractivity contribution in [2.75, 3.05) is 26.4 Å². The lowest BCUT2D eigenvalue weighted by molar-refractivity contribution is 0.0954. The second kappa shape index (κ2) is 8.61. The van der Waals surface area contributed by atoms with Gasteiger partial charge in [0.2, 0.25) is 0 Å². The normalized spacial score (nSPS) is 12.2. The number of hydrogen-bond acceptors (Lipinski definition) is 4. The Labute approximate surface area is 154 Å². The minimum Gasteiger partial charge on any atom is -0.493 e. The minimum absolute atomic E-state index is 0.0596. The molecule has 1 aliphatic heterocycles. The van der Waals surface area contributed by atoms with E-state index in [-0.39, 0.29) is 5.91 Å². The third-order valence-electron chi connectivity index (χ3n) is 4.26. The fourth-order valence-corrected chi connectivity index (χ4v) is 3.00. The number of nitrogens with one attached hydrogen (secondary N) is 1. The Kier molecular flexibility index (Phi) is 6.00. The molecule has 0 aliphatic carbocycles. The number of ether oxygens (including phenoxy) is 3. The zero-order valence-corrected chi connectivity index (χ0v) is 15.3. The third kappa shape index (κ3) is 4.28. The van der Waals surface area contributed by atoms with Gasteiger partial charge in [-0.1, -0.05) is 6.07 Å². The predicted molar refractivity (Wildman–Crippen MR) is 100 cm³/mol. The van der Waals surface area contributed by atoms with Gasteiger partial charge in [0.1, 0.15) is 5.75 Å². The van der Waals surface area contributed by atoms with E-state index in [1.807, 2.05) is 50.2 Å². The topological polar surface area (TPSA) is 56.8 Å². The van der Waals surface area contributed by atoms with E-state index >= 15 is 0 Å². The molecule has 0 bridgehead atoms. The average Bonchev–Trinajstić information content (AvgIpc) is 3.12. The highest BCUT2D eigenvalue weighted by Crippen LogP contribution is 2.29. The fraction of sp³-hybridized carbons (Fsp3) is 0.381. The summed E-state index contributed by atoms with van der Waals surface area (Å²) in [7, 11) is 0. The zero-order chi connectivity index (χ0) is 18.4. The molecule has 0 spiro atoms. The van der Waals surface area contributed by atoms with Crippen LogP contribution in [0, 0.1) is 0 Å². The Bertz CT molecular complexity index is 773. The maximum Gasteiger partial charge on any atom is 0.251 e. The van der Waals surface area contributed by atoms with Gasteiger partial charge >= 0.3 is 0 Å². The van der Waals surface area contributed by atoms with Crippen LogP contribution in [-0.4, -0.2) is 32.3 Å². The molecular weight excluding hydrogens is 330 g/mol. The molecule has 0 radical (unpaired) electrons. The standard InChI is InChI=1S/C21H25NO4/c1-3-24-19-7-5-15(13-20(19)25-4-2)9-11-22-21(23)17-6-8-18-16(14-17)10-12-26-18/h5-8,13-14H,3-4,9-12H2,1-2H3,(H,22,23). The quantitative estimate of drug-likeness (QED) is 0.789. The van der Waals surface area contributed by atoms with E-state index in [4.69, 9.17) is 14.2 Å². The van der Waals surface area contributed by atoms with Crippen LogP contribution in [0.3, 0.4) is 0 Å². The van der Waals surface area contributed by atoms with Gasteiger partial charge in [-0.15, -0.1) is 0 Å². The van der Waals surface area contributed by atoms with Crippen molar-refractivity contribution in [3.63, 3.8) is 0 Å². The molecule has 5 heteroatoms. The van der Waals surface area contributed by atoms with Gasteiger partial charge in [0.05, 0.1) is 19.8 Å². The second-order valence-corrected chi connectivity index (χ2v) is 6.07. The summed E-state index contributed by atoms with van der Waals surface area (Å²) < 4.78 is 16.7. The number of hydrogen-bond donors (Lipinski definition) is 1. The van der Waals surface area contributed by atoms with Crippen molar-refractivity contribution in [3.05, 3.63) is 53.1 Å². The first-order valence-corrected chi connectivity index (χ1v) is 9.13.